The highest BCUT2D eigenvalue weighted by Gasteiger charge is 2.43. The number of anilines is 1. The summed E-state index contributed by atoms with van der Waals surface area (Å²) in [4.78, 5) is 2.50. The molecule has 0 fully saturated rings. The second kappa shape index (κ2) is 3.48. The number of sulfone groups is 1. The van der Waals surface area contributed by atoms with Crippen LogP contribution in [0.3, 0.4) is 0 Å². The van der Waals surface area contributed by atoms with Crippen molar-refractivity contribution in [1.82, 2.24) is 0 Å². The number of hydrogen-bond acceptors (Lipinski definition) is 3. The van der Waals surface area contributed by atoms with Gasteiger partial charge in [-0.15, -0.1) is 0 Å². The summed E-state index contributed by atoms with van der Waals surface area (Å²) < 4.78 is 24.3. The van der Waals surface area contributed by atoms with Crippen LogP contribution >= 0.6 is 0 Å². The molecule has 0 saturated heterocycles. The quantitative estimate of drug-likeness (QED) is 0.712. The second-order valence-electron chi connectivity index (χ2n) is 5.52. The smallest absolute Gasteiger partial charge is 0.187 e. The van der Waals surface area contributed by atoms with Crippen LogP contribution in [-0.4, -0.2) is 26.8 Å². The molecule has 0 N–H and O–H groups in total. The van der Waals surface area contributed by atoms with E-state index in [1.807, 2.05) is 31.9 Å². The number of nitrogens with zero attached hydrogens (tertiary/aromatic N) is 1. The zero-order valence-corrected chi connectivity index (χ0v) is 11.9. The molecule has 1 aliphatic heterocycles. The van der Waals surface area contributed by atoms with Crippen LogP contribution in [0.2, 0.25) is 0 Å². The van der Waals surface area contributed by atoms with E-state index in [1.54, 1.807) is 19.9 Å². The molecule has 4 heteroatoms. The Bertz CT molecular complexity index is 573. The lowest BCUT2D eigenvalue weighted by Gasteiger charge is -2.38. The van der Waals surface area contributed by atoms with Gasteiger partial charge < -0.3 is 4.90 Å². The maximum absolute atomic E-state index is 12.5. The Morgan fingerprint density at radius 2 is 1.71 bits per heavy atom. The van der Waals surface area contributed by atoms with Crippen molar-refractivity contribution in [2.24, 2.45) is 0 Å². The Kier molecular flexibility index (Phi) is 2.54. The van der Waals surface area contributed by atoms with Crippen molar-refractivity contribution in [1.29, 1.82) is 0 Å². The van der Waals surface area contributed by atoms with Crippen LogP contribution < -0.4 is 4.90 Å². The molecule has 0 atom stereocenters. The molecule has 0 unspecified atom stereocenters. The van der Waals surface area contributed by atoms with Crippen LogP contribution in [0.5, 0.6) is 0 Å². The van der Waals surface area contributed by atoms with Gasteiger partial charge in [0.2, 0.25) is 0 Å². The Morgan fingerprint density at radius 1 is 1.18 bits per heavy atom. The molecular formula is C13H19NO2S. The molecule has 3 nitrogen and oxygen atoms in total. The molecule has 0 aromatic heterocycles. The lowest BCUT2D eigenvalue weighted by Crippen LogP contribution is -2.47. The first-order valence-electron chi connectivity index (χ1n) is 5.74. The van der Waals surface area contributed by atoms with Gasteiger partial charge in [-0.25, -0.2) is 8.42 Å². The third kappa shape index (κ3) is 1.66. The summed E-state index contributed by atoms with van der Waals surface area (Å²) in [6, 6.07) is 3.77. The van der Waals surface area contributed by atoms with Crippen molar-refractivity contribution < 1.29 is 8.42 Å². The maximum atomic E-state index is 12.5. The predicted molar refractivity (Wildman–Crippen MR) is 70.5 cm³/mol. The SMILES string of the molecule is Cc1cc2c(cc1C)S(=O)(=O)C(C)(C)CN2C. The standard InChI is InChI=1S/C13H19NO2S/c1-9-6-11-12(7-10(9)2)17(15,16)13(3,4)8-14(11)5/h6-7H,8H2,1-5H3. The molecule has 2 rings (SSSR count). The fourth-order valence-corrected chi connectivity index (χ4v) is 4.11. The maximum Gasteiger partial charge on any atom is 0.187 e. The summed E-state index contributed by atoms with van der Waals surface area (Å²) >= 11 is 0. The third-order valence-electron chi connectivity index (χ3n) is 3.62. The van der Waals surface area contributed by atoms with E-state index in [9.17, 15) is 8.42 Å². The van der Waals surface area contributed by atoms with Gasteiger partial charge in [0.25, 0.3) is 0 Å². The zero-order chi connectivity index (χ0) is 13.0. The number of rotatable bonds is 0. The molecule has 0 saturated carbocycles. The monoisotopic (exact) mass is 253 g/mol. The fraction of sp³-hybridized carbons (Fsp3) is 0.538. The Balaban J connectivity index is 2.80. The second-order valence-corrected chi connectivity index (χ2v) is 8.08. The van der Waals surface area contributed by atoms with Crippen molar-refractivity contribution in [3.05, 3.63) is 23.3 Å². The number of aryl methyl sites for hydroxylation is 2. The highest BCUT2D eigenvalue weighted by atomic mass is 32.2. The predicted octanol–water partition coefficient (Wildman–Crippen LogP) is 2.31. The van der Waals surface area contributed by atoms with Crippen molar-refractivity contribution in [2.75, 3.05) is 18.5 Å². The minimum Gasteiger partial charge on any atom is -0.372 e. The van der Waals surface area contributed by atoms with Gasteiger partial charge in [0.1, 0.15) is 0 Å². The van der Waals surface area contributed by atoms with Crippen molar-refractivity contribution in [3.63, 3.8) is 0 Å². The highest BCUT2D eigenvalue weighted by Crippen LogP contribution is 2.39. The van der Waals surface area contributed by atoms with Gasteiger partial charge in [0, 0.05) is 13.6 Å². The van der Waals surface area contributed by atoms with Gasteiger partial charge in [-0.3, -0.25) is 0 Å². The number of benzene rings is 1. The molecule has 1 aliphatic rings. The van der Waals surface area contributed by atoms with Gasteiger partial charge in [0.15, 0.2) is 9.84 Å². The zero-order valence-electron chi connectivity index (χ0n) is 11.0. The van der Waals surface area contributed by atoms with E-state index < -0.39 is 14.6 Å². The van der Waals surface area contributed by atoms with E-state index in [2.05, 4.69) is 0 Å². The normalized spacial score (nSPS) is 21.1. The van der Waals surface area contributed by atoms with Crippen LogP contribution in [0.1, 0.15) is 25.0 Å². The molecule has 94 valence electrons. The van der Waals surface area contributed by atoms with Gasteiger partial charge in [-0.2, -0.15) is 0 Å². The molecule has 1 aromatic rings. The summed E-state index contributed by atoms with van der Waals surface area (Å²) in [6.07, 6.45) is 0. The highest BCUT2D eigenvalue weighted by molar-refractivity contribution is 7.93. The molecular weight excluding hydrogens is 234 g/mol. The van der Waals surface area contributed by atoms with Crippen molar-refractivity contribution >= 4 is 15.5 Å². The molecule has 1 heterocycles. The molecule has 0 aliphatic carbocycles. The van der Waals surface area contributed by atoms with Gasteiger partial charge in [0.05, 0.1) is 15.3 Å². The topological polar surface area (TPSA) is 37.4 Å². The lowest BCUT2D eigenvalue weighted by molar-refractivity contribution is 0.534. The average molecular weight is 253 g/mol. The summed E-state index contributed by atoms with van der Waals surface area (Å²) in [7, 11) is -1.29. The summed E-state index contributed by atoms with van der Waals surface area (Å²) in [6.45, 7) is 8.07. The Hall–Kier alpha value is -1.03. The van der Waals surface area contributed by atoms with E-state index in [0.717, 1.165) is 16.8 Å². The first kappa shape index (κ1) is 12.4. The van der Waals surface area contributed by atoms with E-state index in [1.165, 1.54) is 0 Å². The van der Waals surface area contributed by atoms with Crippen LogP contribution in [-0.2, 0) is 9.84 Å². The molecule has 0 spiro atoms. The lowest BCUT2D eigenvalue weighted by atomic mass is 10.1. The molecule has 0 amide bonds. The van der Waals surface area contributed by atoms with Crippen molar-refractivity contribution in [3.8, 4) is 0 Å². The third-order valence-corrected chi connectivity index (χ3v) is 6.11. The Morgan fingerprint density at radius 3 is 2.29 bits per heavy atom. The van der Waals surface area contributed by atoms with Gasteiger partial charge in [-0.05, 0) is 51.0 Å². The van der Waals surface area contributed by atoms with E-state index in [4.69, 9.17) is 0 Å². The number of fused-ring (bicyclic) bond motifs is 1. The summed E-state index contributed by atoms with van der Waals surface area (Å²) in [5.41, 5.74) is 2.98. The minimum absolute atomic E-state index is 0.472. The van der Waals surface area contributed by atoms with E-state index >= 15 is 0 Å². The minimum atomic E-state index is -3.23. The first-order valence-corrected chi connectivity index (χ1v) is 7.22. The van der Waals surface area contributed by atoms with Crippen LogP contribution in [0, 0.1) is 13.8 Å². The fourth-order valence-electron chi connectivity index (χ4n) is 2.33. The summed E-state index contributed by atoms with van der Waals surface area (Å²) in [5, 5.41) is 0. The van der Waals surface area contributed by atoms with E-state index in [0.29, 0.717) is 11.4 Å². The van der Waals surface area contributed by atoms with Crippen LogP contribution in [0.25, 0.3) is 0 Å². The average Bonchev–Trinajstić information content (AvgIpc) is 2.18. The molecule has 0 radical (unpaired) electrons. The van der Waals surface area contributed by atoms with Crippen LogP contribution in [0.4, 0.5) is 5.69 Å². The van der Waals surface area contributed by atoms with Crippen LogP contribution in [0.15, 0.2) is 17.0 Å². The molecule has 17 heavy (non-hydrogen) atoms. The summed E-state index contributed by atoms with van der Waals surface area (Å²) in [5.74, 6) is 0. The van der Waals surface area contributed by atoms with Gasteiger partial charge >= 0.3 is 0 Å². The van der Waals surface area contributed by atoms with Gasteiger partial charge in [-0.1, -0.05) is 0 Å². The molecule has 0 bridgehead atoms. The largest absolute Gasteiger partial charge is 0.372 e. The van der Waals surface area contributed by atoms with E-state index in [-0.39, 0.29) is 0 Å². The van der Waals surface area contributed by atoms with Crippen molar-refractivity contribution in [2.45, 2.75) is 37.3 Å². The Labute approximate surface area is 103 Å². The number of hydrogen-bond donors (Lipinski definition) is 0. The first-order chi connectivity index (χ1) is 7.67. The molecule has 1 aromatic carbocycles.